The molecule has 7 nitrogen and oxygen atoms in total. The number of imidazole rings is 1. The number of amides is 1. The number of carbonyl (C=O) groups excluding carboxylic acids is 1. The van der Waals surface area contributed by atoms with E-state index in [1.54, 1.807) is 35.2 Å². The summed E-state index contributed by atoms with van der Waals surface area (Å²) in [7, 11) is 0. The monoisotopic (exact) mass is 368 g/mol. The number of hydrogen-bond donors (Lipinski definition) is 2. The van der Waals surface area contributed by atoms with Crippen molar-refractivity contribution in [3.8, 4) is 5.69 Å². The Morgan fingerprint density at radius 1 is 1.33 bits per heavy atom. The largest absolute Gasteiger partial charge is 0.347 e. The highest BCUT2D eigenvalue weighted by molar-refractivity contribution is 5.92. The lowest BCUT2D eigenvalue weighted by atomic mass is 10.1. The highest BCUT2D eigenvalue weighted by Gasteiger charge is 2.17. The van der Waals surface area contributed by atoms with E-state index in [1.807, 2.05) is 10.9 Å². The molecule has 1 unspecified atom stereocenters. The van der Waals surface area contributed by atoms with E-state index in [0.717, 1.165) is 25.9 Å². The summed E-state index contributed by atoms with van der Waals surface area (Å²) in [4.78, 5) is 16.3. The third kappa shape index (κ3) is 3.90. The van der Waals surface area contributed by atoms with Crippen molar-refractivity contribution < 1.29 is 9.18 Å². The second kappa shape index (κ2) is 7.71. The number of rotatable bonds is 5. The molecule has 3 aromatic rings. The van der Waals surface area contributed by atoms with Gasteiger partial charge in [-0.1, -0.05) is 6.07 Å². The van der Waals surface area contributed by atoms with Crippen LogP contribution in [0.4, 0.5) is 4.39 Å². The van der Waals surface area contributed by atoms with Gasteiger partial charge in [0.2, 0.25) is 0 Å². The lowest BCUT2D eigenvalue weighted by Gasteiger charge is -2.22. The molecule has 27 heavy (non-hydrogen) atoms. The van der Waals surface area contributed by atoms with E-state index in [9.17, 15) is 9.18 Å². The van der Waals surface area contributed by atoms with Gasteiger partial charge in [-0.15, -0.1) is 0 Å². The SMILES string of the molecule is O=C(NCc1ccc(-n2ccnc2)c(F)c1)c1ccn(C2CCCNC2)n1. The molecule has 1 atom stereocenters. The van der Waals surface area contributed by atoms with Crippen molar-refractivity contribution in [2.75, 3.05) is 13.1 Å². The van der Waals surface area contributed by atoms with E-state index in [4.69, 9.17) is 0 Å². The van der Waals surface area contributed by atoms with Crippen molar-refractivity contribution in [2.45, 2.75) is 25.4 Å². The zero-order chi connectivity index (χ0) is 18.6. The second-order valence-electron chi connectivity index (χ2n) is 6.62. The molecule has 0 aliphatic carbocycles. The van der Waals surface area contributed by atoms with Crippen molar-refractivity contribution in [1.29, 1.82) is 0 Å². The predicted molar refractivity (Wildman–Crippen MR) is 98.1 cm³/mol. The maximum absolute atomic E-state index is 14.3. The molecule has 2 N–H and O–H groups in total. The molecule has 0 saturated carbocycles. The van der Waals surface area contributed by atoms with Gasteiger partial charge in [-0.25, -0.2) is 9.37 Å². The number of halogens is 1. The quantitative estimate of drug-likeness (QED) is 0.723. The lowest BCUT2D eigenvalue weighted by molar-refractivity contribution is 0.0944. The Hall–Kier alpha value is -3.00. The number of nitrogens with one attached hydrogen (secondary N) is 2. The summed E-state index contributed by atoms with van der Waals surface area (Å²) in [6.45, 7) is 2.13. The molecule has 0 spiro atoms. The third-order valence-corrected chi connectivity index (χ3v) is 4.73. The van der Waals surface area contributed by atoms with E-state index in [-0.39, 0.29) is 24.3 Å². The molecule has 3 heterocycles. The lowest BCUT2D eigenvalue weighted by Crippen LogP contribution is -2.32. The minimum Gasteiger partial charge on any atom is -0.347 e. The molecule has 2 aromatic heterocycles. The average Bonchev–Trinajstić information content (AvgIpc) is 3.39. The molecule has 1 fully saturated rings. The van der Waals surface area contributed by atoms with Crippen molar-refractivity contribution in [3.63, 3.8) is 0 Å². The van der Waals surface area contributed by atoms with Crippen LogP contribution in [0, 0.1) is 5.82 Å². The topological polar surface area (TPSA) is 76.8 Å². The standard InChI is InChI=1S/C19H21FN6O/c20-16-10-14(3-4-18(16)25-9-7-22-13-25)11-23-19(27)17-5-8-26(24-17)15-2-1-6-21-12-15/h3-5,7-10,13,15,21H,1-2,6,11-12H2,(H,23,27). The highest BCUT2D eigenvalue weighted by atomic mass is 19.1. The molecule has 8 heteroatoms. The summed E-state index contributed by atoms with van der Waals surface area (Å²) in [5.74, 6) is -0.634. The Labute approximate surface area is 156 Å². The first-order valence-corrected chi connectivity index (χ1v) is 9.01. The minimum atomic E-state index is -0.367. The van der Waals surface area contributed by atoms with Crippen molar-refractivity contribution >= 4 is 5.91 Å². The Balaban J connectivity index is 1.38. The fourth-order valence-electron chi connectivity index (χ4n) is 3.27. The Bertz CT molecular complexity index is 914. The summed E-state index contributed by atoms with van der Waals surface area (Å²) in [6, 6.07) is 6.87. The van der Waals surface area contributed by atoms with Gasteiger partial charge in [0, 0.05) is 31.7 Å². The molecule has 1 aliphatic heterocycles. The van der Waals surface area contributed by atoms with Crippen LogP contribution in [0.3, 0.4) is 0 Å². The van der Waals surface area contributed by atoms with Crippen LogP contribution in [0.1, 0.15) is 34.9 Å². The maximum Gasteiger partial charge on any atom is 0.272 e. The van der Waals surface area contributed by atoms with Crippen LogP contribution in [-0.4, -0.2) is 38.3 Å². The Morgan fingerprint density at radius 3 is 3.00 bits per heavy atom. The number of piperidine rings is 1. The first-order valence-electron chi connectivity index (χ1n) is 9.01. The smallest absolute Gasteiger partial charge is 0.272 e. The molecule has 0 radical (unpaired) electrons. The molecular formula is C19H21FN6O. The zero-order valence-electron chi connectivity index (χ0n) is 14.8. The maximum atomic E-state index is 14.3. The molecule has 1 aromatic carbocycles. The van der Waals surface area contributed by atoms with Gasteiger partial charge >= 0.3 is 0 Å². The molecule has 4 rings (SSSR count). The van der Waals surface area contributed by atoms with Crippen LogP contribution in [0.5, 0.6) is 0 Å². The van der Waals surface area contributed by atoms with Crippen molar-refractivity contribution in [1.82, 2.24) is 30.0 Å². The van der Waals surface area contributed by atoms with Gasteiger partial charge in [0.1, 0.15) is 11.5 Å². The molecule has 1 aliphatic rings. The van der Waals surface area contributed by atoms with Crippen LogP contribution >= 0.6 is 0 Å². The number of aromatic nitrogens is 4. The van der Waals surface area contributed by atoms with Gasteiger partial charge in [0.05, 0.1) is 18.1 Å². The first-order chi connectivity index (χ1) is 13.2. The van der Waals surface area contributed by atoms with Gasteiger partial charge in [0.15, 0.2) is 0 Å². The summed E-state index contributed by atoms with van der Waals surface area (Å²) < 4.78 is 17.7. The number of nitrogens with zero attached hydrogens (tertiary/aromatic N) is 4. The Kier molecular flexibility index (Phi) is 4.97. The molecular weight excluding hydrogens is 347 g/mol. The fraction of sp³-hybridized carbons (Fsp3) is 0.316. The van der Waals surface area contributed by atoms with Crippen LogP contribution < -0.4 is 10.6 Å². The van der Waals surface area contributed by atoms with Crippen molar-refractivity contribution in [2.24, 2.45) is 0 Å². The van der Waals surface area contributed by atoms with E-state index in [2.05, 4.69) is 20.7 Å². The molecule has 1 amide bonds. The van der Waals surface area contributed by atoms with E-state index in [0.29, 0.717) is 16.9 Å². The van der Waals surface area contributed by atoms with Crippen molar-refractivity contribution in [3.05, 3.63) is 66.3 Å². The van der Waals surface area contributed by atoms with E-state index < -0.39 is 0 Å². The molecule has 0 bridgehead atoms. The summed E-state index contributed by atoms with van der Waals surface area (Å²) >= 11 is 0. The van der Waals surface area contributed by atoms with E-state index in [1.165, 1.54) is 12.4 Å². The highest BCUT2D eigenvalue weighted by Crippen LogP contribution is 2.17. The number of benzene rings is 1. The van der Waals surface area contributed by atoms with Gasteiger partial charge in [0.25, 0.3) is 5.91 Å². The summed E-state index contributed by atoms with van der Waals surface area (Å²) in [5.41, 5.74) is 1.47. The van der Waals surface area contributed by atoms with Crippen LogP contribution in [0.25, 0.3) is 5.69 Å². The van der Waals surface area contributed by atoms with Gasteiger partial charge in [-0.2, -0.15) is 5.10 Å². The summed E-state index contributed by atoms with van der Waals surface area (Å²) in [5, 5.41) is 10.5. The minimum absolute atomic E-state index is 0.234. The van der Waals surface area contributed by atoms with Gasteiger partial charge in [-0.3, -0.25) is 9.48 Å². The molecule has 140 valence electrons. The number of carbonyl (C=O) groups is 1. The van der Waals surface area contributed by atoms with Gasteiger partial charge < -0.3 is 15.2 Å². The van der Waals surface area contributed by atoms with E-state index >= 15 is 0 Å². The molecule has 1 saturated heterocycles. The van der Waals surface area contributed by atoms with Crippen LogP contribution in [0.2, 0.25) is 0 Å². The fourth-order valence-corrected chi connectivity index (χ4v) is 3.27. The van der Waals surface area contributed by atoms with Crippen LogP contribution in [0.15, 0.2) is 49.2 Å². The Morgan fingerprint density at radius 2 is 2.26 bits per heavy atom. The second-order valence-corrected chi connectivity index (χ2v) is 6.62. The van der Waals surface area contributed by atoms with Crippen LogP contribution in [-0.2, 0) is 6.54 Å². The first kappa shape index (κ1) is 17.4. The average molecular weight is 368 g/mol. The normalized spacial score (nSPS) is 17.0. The number of hydrogen-bond acceptors (Lipinski definition) is 4. The predicted octanol–water partition coefficient (Wildman–Crippen LogP) is 2.06. The van der Waals surface area contributed by atoms with Gasteiger partial charge in [-0.05, 0) is 43.1 Å². The summed E-state index contributed by atoms with van der Waals surface area (Å²) in [6.07, 6.45) is 8.81. The zero-order valence-corrected chi connectivity index (χ0v) is 14.8. The third-order valence-electron chi connectivity index (χ3n) is 4.73.